The van der Waals surface area contributed by atoms with E-state index in [2.05, 4.69) is 23.0 Å². The highest BCUT2D eigenvalue weighted by atomic mass is 15.1. The number of azide groups is 1. The predicted molar refractivity (Wildman–Crippen MR) is 49.4 cm³/mol. The van der Waals surface area contributed by atoms with E-state index < -0.39 is 0 Å². The second-order valence-electron chi connectivity index (χ2n) is 2.72. The molecule has 0 spiro atoms. The van der Waals surface area contributed by atoms with Crippen LogP contribution in [-0.2, 0) is 6.42 Å². The highest BCUT2D eigenvalue weighted by Crippen LogP contribution is 2.17. The van der Waals surface area contributed by atoms with E-state index in [-0.39, 0.29) is 0 Å². The van der Waals surface area contributed by atoms with Crippen molar-refractivity contribution >= 4 is 5.69 Å². The Labute approximate surface area is 71.7 Å². The molecule has 0 aliphatic carbocycles. The van der Waals surface area contributed by atoms with Gasteiger partial charge >= 0.3 is 0 Å². The SMILES string of the molecule is CCc1cc(C)cc(N=[N+]=[N-])c1. The lowest BCUT2D eigenvalue weighted by molar-refractivity contribution is 1.13. The monoisotopic (exact) mass is 161 g/mol. The molecule has 0 amide bonds. The fraction of sp³-hybridized carbons (Fsp3) is 0.333. The lowest BCUT2D eigenvalue weighted by atomic mass is 10.1. The van der Waals surface area contributed by atoms with E-state index in [1.807, 2.05) is 19.1 Å². The second kappa shape index (κ2) is 3.79. The van der Waals surface area contributed by atoms with Crippen LogP contribution in [0, 0.1) is 6.92 Å². The molecule has 12 heavy (non-hydrogen) atoms. The molecule has 0 fully saturated rings. The average Bonchev–Trinajstić information content (AvgIpc) is 2.04. The maximum atomic E-state index is 8.23. The molecule has 3 nitrogen and oxygen atoms in total. The third-order valence-corrected chi connectivity index (χ3v) is 1.69. The molecule has 0 aliphatic rings. The van der Waals surface area contributed by atoms with Crippen molar-refractivity contribution in [3.05, 3.63) is 39.8 Å². The summed E-state index contributed by atoms with van der Waals surface area (Å²) >= 11 is 0. The zero-order valence-electron chi connectivity index (χ0n) is 7.28. The third-order valence-electron chi connectivity index (χ3n) is 1.69. The molecular formula is C9H11N3. The first kappa shape index (κ1) is 8.62. The number of hydrogen-bond acceptors (Lipinski definition) is 1. The molecular weight excluding hydrogens is 150 g/mol. The molecule has 62 valence electrons. The smallest absolute Gasteiger partial charge is 0.0380 e. The number of aryl methyl sites for hydroxylation is 2. The van der Waals surface area contributed by atoms with E-state index in [0.29, 0.717) is 5.69 Å². The number of hydrogen-bond donors (Lipinski definition) is 0. The molecule has 1 aromatic carbocycles. The predicted octanol–water partition coefficient (Wildman–Crippen LogP) is 3.50. The van der Waals surface area contributed by atoms with Gasteiger partial charge in [0, 0.05) is 10.6 Å². The van der Waals surface area contributed by atoms with Gasteiger partial charge in [-0.3, -0.25) is 0 Å². The molecule has 1 rings (SSSR count). The highest BCUT2D eigenvalue weighted by Gasteiger charge is 1.94. The molecule has 0 radical (unpaired) electrons. The van der Waals surface area contributed by atoms with E-state index in [9.17, 15) is 0 Å². The maximum Gasteiger partial charge on any atom is 0.0380 e. The van der Waals surface area contributed by atoms with E-state index in [1.54, 1.807) is 0 Å². The van der Waals surface area contributed by atoms with Gasteiger partial charge in [0.25, 0.3) is 0 Å². The summed E-state index contributed by atoms with van der Waals surface area (Å²) in [6, 6.07) is 5.88. The number of rotatable bonds is 2. The molecule has 0 aromatic heterocycles. The van der Waals surface area contributed by atoms with Crippen molar-refractivity contribution in [2.75, 3.05) is 0 Å². The first-order valence-electron chi connectivity index (χ1n) is 3.92. The van der Waals surface area contributed by atoms with Gasteiger partial charge in [-0.15, -0.1) is 0 Å². The van der Waals surface area contributed by atoms with Gasteiger partial charge in [-0.05, 0) is 36.6 Å². The van der Waals surface area contributed by atoms with Crippen molar-refractivity contribution in [1.29, 1.82) is 0 Å². The lowest BCUT2D eigenvalue weighted by Gasteiger charge is -2.00. The maximum absolute atomic E-state index is 8.23. The van der Waals surface area contributed by atoms with Crippen molar-refractivity contribution in [2.45, 2.75) is 20.3 Å². The van der Waals surface area contributed by atoms with E-state index in [0.717, 1.165) is 12.0 Å². The molecule has 1 aromatic rings. The van der Waals surface area contributed by atoms with Crippen LogP contribution in [0.5, 0.6) is 0 Å². The highest BCUT2D eigenvalue weighted by molar-refractivity contribution is 5.43. The summed E-state index contributed by atoms with van der Waals surface area (Å²) in [4.78, 5) is 2.75. The fourth-order valence-corrected chi connectivity index (χ4v) is 1.15. The summed E-state index contributed by atoms with van der Waals surface area (Å²) in [6.07, 6.45) is 0.968. The lowest BCUT2D eigenvalue weighted by Crippen LogP contribution is -1.80. The summed E-state index contributed by atoms with van der Waals surface area (Å²) in [6.45, 7) is 4.07. The van der Waals surface area contributed by atoms with Crippen molar-refractivity contribution in [1.82, 2.24) is 0 Å². The van der Waals surface area contributed by atoms with Gasteiger partial charge in [0.05, 0.1) is 0 Å². The average molecular weight is 161 g/mol. The Bertz CT molecular complexity index is 325. The minimum Gasteiger partial charge on any atom is -0.0613 e. The molecule has 0 atom stereocenters. The van der Waals surface area contributed by atoms with Gasteiger partial charge in [-0.25, -0.2) is 0 Å². The Morgan fingerprint density at radius 3 is 2.75 bits per heavy atom. The van der Waals surface area contributed by atoms with Crippen molar-refractivity contribution in [2.24, 2.45) is 5.11 Å². The Hall–Kier alpha value is -1.47. The van der Waals surface area contributed by atoms with E-state index in [4.69, 9.17) is 5.53 Å². The zero-order chi connectivity index (χ0) is 8.97. The van der Waals surface area contributed by atoms with Crippen LogP contribution in [0.3, 0.4) is 0 Å². The van der Waals surface area contributed by atoms with E-state index >= 15 is 0 Å². The Kier molecular flexibility index (Phi) is 2.72. The summed E-state index contributed by atoms with van der Waals surface area (Å²) in [5.74, 6) is 0. The first-order chi connectivity index (χ1) is 5.76. The van der Waals surface area contributed by atoms with Crippen LogP contribution < -0.4 is 0 Å². The van der Waals surface area contributed by atoms with Crippen molar-refractivity contribution in [3.63, 3.8) is 0 Å². The van der Waals surface area contributed by atoms with Gasteiger partial charge in [0.2, 0.25) is 0 Å². The van der Waals surface area contributed by atoms with Gasteiger partial charge in [0.1, 0.15) is 0 Å². The number of benzene rings is 1. The fourth-order valence-electron chi connectivity index (χ4n) is 1.15. The minimum atomic E-state index is 0.703. The molecule has 0 unspecified atom stereocenters. The quantitative estimate of drug-likeness (QED) is 0.362. The summed E-state index contributed by atoms with van der Waals surface area (Å²) in [7, 11) is 0. The Morgan fingerprint density at radius 1 is 1.42 bits per heavy atom. The number of nitrogens with zero attached hydrogens (tertiary/aromatic N) is 3. The van der Waals surface area contributed by atoms with Gasteiger partial charge in [0.15, 0.2) is 0 Å². The summed E-state index contributed by atoms with van der Waals surface area (Å²) < 4.78 is 0. The third kappa shape index (κ3) is 2.01. The van der Waals surface area contributed by atoms with Gasteiger partial charge < -0.3 is 0 Å². The normalized spacial score (nSPS) is 9.17. The topological polar surface area (TPSA) is 48.8 Å². The van der Waals surface area contributed by atoms with Crippen LogP contribution in [-0.4, -0.2) is 0 Å². The van der Waals surface area contributed by atoms with Crippen LogP contribution >= 0.6 is 0 Å². The largest absolute Gasteiger partial charge is 0.0613 e. The molecule has 0 heterocycles. The molecule has 0 bridgehead atoms. The van der Waals surface area contributed by atoms with Crippen LogP contribution in [0.1, 0.15) is 18.1 Å². The van der Waals surface area contributed by atoms with Crippen LogP contribution in [0.4, 0.5) is 5.69 Å². The van der Waals surface area contributed by atoms with Gasteiger partial charge in [-0.1, -0.05) is 23.7 Å². The van der Waals surface area contributed by atoms with Gasteiger partial charge in [-0.2, -0.15) is 0 Å². The second-order valence-corrected chi connectivity index (χ2v) is 2.72. The standard InChI is InChI=1S/C9H11N3/c1-3-8-4-7(2)5-9(6-8)11-12-10/h4-6H,3H2,1-2H3. The van der Waals surface area contributed by atoms with Crippen LogP contribution in [0.2, 0.25) is 0 Å². The van der Waals surface area contributed by atoms with Crippen molar-refractivity contribution in [3.8, 4) is 0 Å². The zero-order valence-corrected chi connectivity index (χ0v) is 7.28. The molecule has 0 N–H and O–H groups in total. The molecule has 0 aliphatic heterocycles. The summed E-state index contributed by atoms with van der Waals surface area (Å²) in [5.41, 5.74) is 11.3. The minimum absolute atomic E-state index is 0.703. The molecule has 0 saturated carbocycles. The first-order valence-corrected chi connectivity index (χ1v) is 3.92. The molecule has 3 heteroatoms. The summed E-state index contributed by atoms with van der Waals surface area (Å²) in [5, 5.41) is 3.56. The Balaban J connectivity index is 3.14. The van der Waals surface area contributed by atoms with Crippen molar-refractivity contribution < 1.29 is 0 Å². The molecule has 0 saturated heterocycles. The van der Waals surface area contributed by atoms with E-state index in [1.165, 1.54) is 5.56 Å². The van der Waals surface area contributed by atoms with Crippen LogP contribution in [0.25, 0.3) is 10.4 Å². The Morgan fingerprint density at radius 2 is 2.17 bits per heavy atom. The van der Waals surface area contributed by atoms with Crippen LogP contribution in [0.15, 0.2) is 23.3 Å².